The smallest absolute Gasteiger partial charge is 0.328 e. The minimum absolute atomic E-state index is 0.146. The fourth-order valence-electron chi connectivity index (χ4n) is 1.39. The van der Waals surface area contributed by atoms with Crippen LogP contribution in [0.3, 0.4) is 0 Å². The number of carbonyl (C=O) groups is 2. The van der Waals surface area contributed by atoms with Crippen molar-refractivity contribution in [3.05, 3.63) is 34.9 Å². The topological polar surface area (TPSA) is 64.6 Å². The summed E-state index contributed by atoms with van der Waals surface area (Å²) < 4.78 is 9.72. The molecule has 0 fully saturated rings. The van der Waals surface area contributed by atoms with Gasteiger partial charge in [0.05, 0.1) is 13.7 Å². The number of esters is 1. The van der Waals surface area contributed by atoms with E-state index in [1.807, 2.05) is 18.2 Å². The number of carbonyl (C=O) groups excluding carboxylic acids is 2. The fraction of sp³-hybridized carbons (Fsp3) is 0.385. The van der Waals surface area contributed by atoms with E-state index in [4.69, 9.17) is 16.3 Å². The number of methoxy groups -OCH3 is 1. The minimum atomic E-state index is -0.693. The van der Waals surface area contributed by atoms with Gasteiger partial charge in [0.1, 0.15) is 12.6 Å². The van der Waals surface area contributed by atoms with Crippen LogP contribution in [0.5, 0.6) is 0 Å². The Bertz CT molecular complexity index is 450. The molecule has 1 aromatic rings. The highest BCUT2D eigenvalue weighted by Gasteiger charge is 2.15. The third-order valence-corrected chi connectivity index (χ3v) is 2.75. The second-order valence-corrected chi connectivity index (χ2v) is 4.30. The van der Waals surface area contributed by atoms with E-state index in [1.54, 1.807) is 6.07 Å². The van der Waals surface area contributed by atoms with Gasteiger partial charge in [-0.05, 0) is 18.6 Å². The third-order valence-electron chi connectivity index (χ3n) is 2.38. The first-order chi connectivity index (χ1) is 9.04. The predicted molar refractivity (Wildman–Crippen MR) is 70.7 cm³/mol. The first-order valence-corrected chi connectivity index (χ1v) is 6.10. The van der Waals surface area contributed by atoms with Gasteiger partial charge in [0.15, 0.2) is 0 Å². The quantitative estimate of drug-likeness (QED) is 0.805. The zero-order chi connectivity index (χ0) is 14.3. The first-order valence-electron chi connectivity index (χ1n) is 5.73. The van der Waals surface area contributed by atoms with Crippen LogP contribution in [-0.2, 0) is 25.7 Å². The van der Waals surface area contributed by atoms with Crippen LogP contribution in [0.15, 0.2) is 24.3 Å². The maximum Gasteiger partial charge on any atom is 0.328 e. The molecule has 0 aliphatic rings. The van der Waals surface area contributed by atoms with Crippen LogP contribution in [-0.4, -0.2) is 31.6 Å². The molecule has 0 unspecified atom stereocenters. The van der Waals surface area contributed by atoms with Crippen molar-refractivity contribution in [1.29, 1.82) is 0 Å². The van der Waals surface area contributed by atoms with E-state index < -0.39 is 12.0 Å². The second kappa shape index (κ2) is 7.76. The fourth-order valence-corrected chi connectivity index (χ4v) is 1.58. The molecule has 0 spiro atoms. The van der Waals surface area contributed by atoms with Gasteiger partial charge >= 0.3 is 5.97 Å². The van der Waals surface area contributed by atoms with Crippen molar-refractivity contribution < 1.29 is 19.1 Å². The standard InChI is InChI=1S/C13H16ClNO4/c1-9(13(17)18-2)15-12(16)8-19-7-10-5-3-4-6-11(10)14/h3-6,9H,7-8H2,1-2H3,(H,15,16)/t9-/m0/s1. The lowest BCUT2D eigenvalue weighted by Gasteiger charge is -2.11. The van der Waals surface area contributed by atoms with Gasteiger partial charge in [-0.2, -0.15) is 0 Å². The summed E-state index contributed by atoms with van der Waals surface area (Å²) in [5.41, 5.74) is 0.804. The molecule has 1 atom stereocenters. The largest absolute Gasteiger partial charge is 0.467 e. The predicted octanol–water partition coefficient (Wildman–Crippen LogP) is 1.53. The van der Waals surface area contributed by atoms with E-state index in [0.717, 1.165) is 5.56 Å². The lowest BCUT2D eigenvalue weighted by Crippen LogP contribution is -2.40. The van der Waals surface area contributed by atoms with Crippen LogP contribution >= 0.6 is 11.6 Å². The summed E-state index contributed by atoms with van der Waals surface area (Å²) in [7, 11) is 1.26. The molecule has 1 amide bonds. The Hall–Kier alpha value is -1.59. The molecule has 1 N–H and O–H groups in total. The molecule has 104 valence electrons. The van der Waals surface area contributed by atoms with Crippen molar-refractivity contribution in [2.75, 3.05) is 13.7 Å². The van der Waals surface area contributed by atoms with Crippen molar-refractivity contribution in [3.8, 4) is 0 Å². The Morgan fingerprint density at radius 1 is 1.37 bits per heavy atom. The maximum absolute atomic E-state index is 11.5. The number of benzene rings is 1. The number of nitrogens with one attached hydrogen (secondary N) is 1. The van der Waals surface area contributed by atoms with Crippen molar-refractivity contribution in [2.45, 2.75) is 19.6 Å². The minimum Gasteiger partial charge on any atom is -0.467 e. The number of hydrogen-bond donors (Lipinski definition) is 1. The van der Waals surface area contributed by atoms with E-state index in [2.05, 4.69) is 10.1 Å². The normalized spacial score (nSPS) is 11.7. The van der Waals surface area contributed by atoms with E-state index in [0.29, 0.717) is 5.02 Å². The molecule has 0 aliphatic heterocycles. The van der Waals surface area contributed by atoms with E-state index in [-0.39, 0.29) is 19.1 Å². The molecule has 0 aliphatic carbocycles. The summed E-state index contributed by atoms with van der Waals surface area (Å²) in [5, 5.41) is 3.05. The zero-order valence-corrected chi connectivity index (χ0v) is 11.6. The van der Waals surface area contributed by atoms with Crippen LogP contribution in [0.1, 0.15) is 12.5 Å². The van der Waals surface area contributed by atoms with Crippen molar-refractivity contribution in [3.63, 3.8) is 0 Å². The van der Waals surface area contributed by atoms with E-state index in [9.17, 15) is 9.59 Å². The SMILES string of the molecule is COC(=O)[C@H](C)NC(=O)COCc1ccccc1Cl. The number of halogens is 1. The van der Waals surface area contributed by atoms with Crippen LogP contribution in [0, 0.1) is 0 Å². The Morgan fingerprint density at radius 2 is 2.05 bits per heavy atom. The van der Waals surface area contributed by atoms with Crippen LogP contribution in [0.25, 0.3) is 0 Å². The molecule has 0 aromatic heterocycles. The summed E-state index contributed by atoms with van der Waals surface area (Å²) in [4.78, 5) is 22.6. The molecular weight excluding hydrogens is 270 g/mol. The highest BCUT2D eigenvalue weighted by atomic mass is 35.5. The van der Waals surface area contributed by atoms with Crippen LogP contribution in [0.2, 0.25) is 5.02 Å². The average Bonchev–Trinajstić information content (AvgIpc) is 2.40. The molecule has 0 saturated heterocycles. The van der Waals surface area contributed by atoms with E-state index in [1.165, 1.54) is 14.0 Å². The summed E-state index contributed by atoms with van der Waals surface area (Å²) in [6.45, 7) is 1.63. The van der Waals surface area contributed by atoms with Crippen molar-refractivity contribution in [1.82, 2.24) is 5.32 Å². The Morgan fingerprint density at radius 3 is 2.68 bits per heavy atom. The first kappa shape index (κ1) is 15.5. The Balaban J connectivity index is 2.32. The lowest BCUT2D eigenvalue weighted by molar-refractivity contribution is -0.145. The molecule has 0 heterocycles. The Labute approximate surface area is 116 Å². The molecule has 0 bridgehead atoms. The van der Waals surface area contributed by atoms with Gasteiger partial charge < -0.3 is 14.8 Å². The van der Waals surface area contributed by atoms with E-state index >= 15 is 0 Å². The third kappa shape index (κ3) is 5.28. The lowest BCUT2D eigenvalue weighted by atomic mass is 10.2. The maximum atomic E-state index is 11.5. The van der Waals surface area contributed by atoms with Gasteiger partial charge in [-0.25, -0.2) is 4.79 Å². The molecule has 0 saturated carbocycles. The zero-order valence-electron chi connectivity index (χ0n) is 10.8. The molecule has 5 nitrogen and oxygen atoms in total. The van der Waals surface area contributed by atoms with Gasteiger partial charge in [0, 0.05) is 5.02 Å². The van der Waals surface area contributed by atoms with Crippen LogP contribution < -0.4 is 5.32 Å². The molecule has 0 radical (unpaired) electrons. The highest BCUT2D eigenvalue weighted by Crippen LogP contribution is 2.15. The number of amides is 1. The summed E-state index contributed by atoms with van der Waals surface area (Å²) in [5.74, 6) is -0.885. The van der Waals surface area contributed by atoms with Gasteiger partial charge in [0.2, 0.25) is 5.91 Å². The molecule has 1 aromatic carbocycles. The second-order valence-electron chi connectivity index (χ2n) is 3.90. The van der Waals surface area contributed by atoms with Gasteiger partial charge in [-0.15, -0.1) is 0 Å². The monoisotopic (exact) mass is 285 g/mol. The number of ether oxygens (including phenoxy) is 2. The van der Waals surface area contributed by atoms with Gasteiger partial charge in [0.25, 0.3) is 0 Å². The van der Waals surface area contributed by atoms with Crippen molar-refractivity contribution >= 4 is 23.5 Å². The average molecular weight is 286 g/mol. The number of hydrogen-bond acceptors (Lipinski definition) is 4. The summed E-state index contributed by atoms with van der Waals surface area (Å²) >= 11 is 5.94. The molecule has 6 heteroatoms. The van der Waals surface area contributed by atoms with Crippen LogP contribution in [0.4, 0.5) is 0 Å². The summed E-state index contributed by atoms with van der Waals surface area (Å²) in [6, 6.07) is 6.53. The molecular formula is C13H16ClNO4. The Kier molecular flexibility index (Phi) is 6.32. The number of rotatable bonds is 6. The van der Waals surface area contributed by atoms with Gasteiger partial charge in [-0.3, -0.25) is 4.79 Å². The molecule has 19 heavy (non-hydrogen) atoms. The summed E-state index contributed by atoms with van der Waals surface area (Å²) in [6.07, 6.45) is 0. The van der Waals surface area contributed by atoms with Crippen molar-refractivity contribution in [2.24, 2.45) is 0 Å². The van der Waals surface area contributed by atoms with Gasteiger partial charge in [-0.1, -0.05) is 29.8 Å². The highest BCUT2D eigenvalue weighted by molar-refractivity contribution is 6.31. The molecule has 1 rings (SSSR count).